The molecular formula is C9H21BaNS2. The average molecular weight is 345 g/mol. The number of nitrogens with two attached hydrogens (primary N) is 1. The molecule has 4 heteroatoms. The van der Waals surface area contributed by atoms with Gasteiger partial charge in [0.05, 0.1) is 0 Å². The Labute approximate surface area is 135 Å². The maximum Gasteiger partial charge on any atom is 2.00 e. The van der Waals surface area contributed by atoms with Gasteiger partial charge < -0.3 is 19.6 Å². The summed E-state index contributed by atoms with van der Waals surface area (Å²) in [5, 5.41) is 0. The van der Waals surface area contributed by atoms with Gasteiger partial charge in [0.25, 0.3) is 0 Å². The van der Waals surface area contributed by atoms with Gasteiger partial charge in [0, 0.05) is 0 Å². The van der Waals surface area contributed by atoms with Crippen LogP contribution in [0.5, 0.6) is 0 Å². The topological polar surface area (TPSA) is 26.0 Å². The zero-order chi connectivity index (χ0) is 10.4. The quantitative estimate of drug-likeness (QED) is 0.348. The van der Waals surface area contributed by atoms with Crippen LogP contribution in [-0.2, 0) is 0 Å². The van der Waals surface area contributed by atoms with Crippen molar-refractivity contribution < 1.29 is 0 Å². The van der Waals surface area contributed by atoms with E-state index in [1.807, 2.05) is 0 Å². The van der Waals surface area contributed by atoms with Crippen molar-refractivity contribution in [1.82, 2.24) is 0 Å². The summed E-state index contributed by atoms with van der Waals surface area (Å²) in [7, 11) is 0. The first-order valence-corrected chi connectivity index (χ1v) is 4.99. The SMILES string of the molecule is NC(=S)S.[Ba+2].[CH2-]CCC.[CH2-]CCC. The predicted octanol–water partition coefficient (Wildman–Crippen LogP) is 3.02. The minimum absolute atomic E-state index is 0. The second-order valence-electron chi connectivity index (χ2n) is 2.05. The first kappa shape index (κ1) is 24.2. The van der Waals surface area contributed by atoms with Gasteiger partial charge in [-0.1, -0.05) is 38.9 Å². The number of hydrogen-bond donors (Lipinski definition) is 2. The Balaban J connectivity index is -0.0000000450. The molecule has 0 saturated carbocycles. The molecule has 0 radical (unpaired) electrons. The number of unbranched alkanes of at least 4 members (excludes halogenated alkanes) is 2. The van der Waals surface area contributed by atoms with E-state index in [0.29, 0.717) is 0 Å². The summed E-state index contributed by atoms with van der Waals surface area (Å²) in [6.07, 6.45) is 4.56. The van der Waals surface area contributed by atoms with Crippen molar-refractivity contribution in [3.63, 3.8) is 0 Å². The van der Waals surface area contributed by atoms with E-state index in [1.165, 1.54) is 12.8 Å². The smallest absolute Gasteiger partial charge is 0.385 e. The molecule has 0 saturated heterocycles. The molecule has 1 nitrogen and oxygen atoms in total. The summed E-state index contributed by atoms with van der Waals surface area (Å²) >= 11 is 7.65. The number of thiocarbonyl (C=S) groups is 1. The number of thiol groups is 1. The van der Waals surface area contributed by atoms with Crippen LogP contribution in [0.25, 0.3) is 0 Å². The molecule has 0 aliphatic heterocycles. The third-order valence-electron chi connectivity index (χ3n) is 0.707. The van der Waals surface area contributed by atoms with Crippen molar-refractivity contribution in [3.05, 3.63) is 13.8 Å². The van der Waals surface area contributed by atoms with Gasteiger partial charge in [-0.15, -0.1) is 12.6 Å². The molecule has 0 heterocycles. The zero-order valence-electron chi connectivity index (χ0n) is 8.88. The van der Waals surface area contributed by atoms with Crippen LogP contribution in [0.3, 0.4) is 0 Å². The molecule has 0 aliphatic carbocycles. The fraction of sp³-hybridized carbons (Fsp3) is 0.667. The third kappa shape index (κ3) is 133. The van der Waals surface area contributed by atoms with Gasteiger partial charge in [-0.05, 0) is 0 Å². The molecule has 0 aromatic carbocycles. The molecule has 13 heavy (non-hydrogen) atoms. The number of rotatable bonds is 2. The summed E-state index contributed by atoms with van der Waals surface area (Å²) in [5.74, 6) is 0. The molecule has 0 bridgehead atoms. The molecular weight excluding hydrogens is 324 g/mol. The Kier molecular flexibility index (Phi) is 54.3. The maximum atomic E-state index is 4.71. The van der Waals surface area contributed by atoms with Crippen LogP contribution in [0.4, 0.5) is 0 Å². The molecule has 0 unspecified atom stereocenters. The second-order valence-corrected chi connectivity index (χ2v) is 3.27. The standard InChI is InChI=1S/2C4H9.CH3NS2.Ba/c2*1-3-4-2;2-1(3)4;/h2*1,3-4H2,2H3;(H3,2,3,4);/q2*-1;;+2. The largest absolute Gasteiger partial charge is 2.00 e. The zero-order valence-corrected chi connectivity index (χ0v) is 15.0. The van der Waals surface area contributed by atoms with E-state index in [2.05, 4.69) is 52.5 Å². The summed E-state index contributed by atoms with van der Waals surface area (Å²) in [6.45, 7) is 11.4. The van der Waals surface area contributed by atoms with Gasteiger partial charge in [0.2, 0.25) is 0 Å². The first-order valence-electron chi connectivity index (χ1n) is 4.13. The fourth-order valence-corrected chi connectivity index (χ4v) is 0. The van der Waals surface area contributed by atoms with E-state index < -0.39 is 0 Å². The van der Waals surface area contributed by atoms with Gasteiger partial charge in [-0.3, -0.25) is 0 Å². The molecule has 0 fully saturated rings. The van der Waals surface area contributed by atoms with Crippen molar-refractivity contribution in [2.45, 2.75) is 39.5 Å². The van der Waals surface area contributed by atoms with Gasteiger partial charge >= 0.3 is 48.9 Å². The molecule has 0 aliphatic rings. The summed E-state index contributed by atoms with van der Waals surface area (Å²) < 4.78 is 0.194. The minimum Gasteiger partial charge on any atom is -0.385 e. The van der Waals surface area contributed by atoms with Crippen LogP contribution in [0.2, 0.25) is 0 Å². The Morgan fingerprint density at radius 3 is 1.31 bits per heavy atom. The van der Waals surface area contributed by atoms with Crippen molar-refractivity contribution in [2.24, 2.45) is 5.73 Å². The molecule has 0 aromatic heterocycles. The molecule has 0 atom stereocenters. The molecule has 0 rings (SSSR count). The van der Waals surface area contributed by atoms with Crippen LogP contribution in [0.1, 0.15) is 39.5 Å². The molecule has 0 amide bonds. The summed E-state index contributed by atoms with van der Waals surface area (Å²) in [6, 6.07) is 0. The first-order chi connectivity index (χ1) is 5.56. The fourth-order valence-electron chi connectivity index (χ4n) is 0. The average Bonchev–Trinajstić information content (AvgIpc) is 2.03. The van der Waals surface area contributed by atoms with Crippen LogP contribution >= 0.6 is 24.8 Å². The van der Waals surface area contributed by atoms with Crippen molar-refractivity contribution in [3.8, 4) is 0 Å². The van der Waals surface area contributed by atoms with E-state index in [9.17, 15) is 0 Å². The van der Waals surface area contributed by atoms with Crippen molar-refractivity contribution in [1.29, 1.82) is 0 Å². The van der Waals surface area contributed by atoms with Crippen LogP contribution in [-0.4, -0.2) is 53.2 Å². The van der Waals surface area contributed by atoms with Gasteiger partial charge in [-0.2, -0.15) is 12.8 Å². The van der Waals surface area contributed by atoms with Gasteiger partial charge in [0.1, 0.15) is 4.32 Å². The van der Waals surface area contributed by atoms with Crippen molar-refractivity contribution in [2.75, 3.05) is 0 Å². The minimum atomic E-state index is 0. The van der Waals surface area contributed by atoms with E-state index in [-0.39, 0.29) is 53.2 Å². The third-order valence-corrected chi connectivity index (χ3v) is 0.707. The Hall–Kier alpha value is 1.81. The van der Waals surface area contributed by atoms with E-state index in [4.69, 9.17) is 5.73 Å². The summed E-state index contributed by atoms with van der Waals surface area (Å²) in [4.78, 5) is 0. The van der Waals surface area contributed by atoms with Gasteiger partial charge in [0.15, 0.2) is 0 Å². The summed E-state index contributed by atoms with van der Waals surface area (Å²) in [5.41, 5.74) is 4.71. The van der Waals surface area contributed by atoms with Crippen LogP contribution in [0, 0.1) is 13.8 Å². The predicted molar refractivity (Wildman–Crippen MR) is 72.1 cm³/mol. The molecule has 0 aromatic rings. The Morgan fingerprint density at radius 1 is 1.23 bits per heavy atom. The molecule has 2 N–H and O–H groups in total. The number of hydrogen-bond acceptors (Lipinski definition) is 1. The molecule has 76 valence electrons. The Bertz CT molecular complexity index is 68.0. The monoisotopic (exact) mass is 345 g/mol. The van der Waals surface area contributed by atoms with E-state index >= 15 is 0 Å². The normalized spacial score (nSPS) is 6.54. The van der Waals surface area contributed by atoms with E-state index in [0.717, 1.165) is 12.8 Å². The molecule has 0 spiro atoms. The Morgan fingerprint density at radius 2 is 1.31 bits per heavy atom. The maximum absolute atomic E-state index is 4.71. The van der Waals surface area contributed by atoms with Crippen molar-refractivity contribution >= 4 is 78.0 Å². The van der Waals surface area contributed by atoms with Crippen LogP contribution < -0.4 is 5.73 Å². The van der Waals surface area contributed by atoms with E-state index in [1.54, 1.807) is 0 Å². The van der Waals surface area contributed by atoms with Crippen LogP contribution in [0.15, 0.2) is 0 Å². The second kappa shape index (κ2) is 29.2. The van der Waals surface area contributed by atoms with Gasteiger partial charge in [-0.25, -0.2) is 0 Å².